The molecule has 40 heavy (non-hydrogen) atoms. The highest BCUT2D eigenvalue weighted by atomic mass is 19.1. The molecule has 0 spiro atoms. The SMILES string of the molecule is CN1CCCN(C(=O)CC[C@@H]2CN(C3Cc4ccccc4C3)CC[C@@H]2N2CCN(c3ccccc3F)CC2)CC1. The summed E-state index contributed by atoms with van der Waals surface area (Å²) in [6.45, 7) is 9.61. The Morgan fingerprint density at radius 1 is 0.825 bits per heavy atom. The molecule has 0 saturated carbocycles. The Hall–Kier alpha value is -2.48. The van der Waals surface area contributed by atoms with E-state index in [2.05, 4.69) is 55.8 Å². The lowest BCUT2D eigenvalue weighted by atomic mass is 9.85. The summed E-state index contributed by atoms with van der Waals surface area (Å²) in [5.41, 5.74) is 3.75. The van der Waals surface area contributed by atoms with Gasteiger partial charge in [-0.3, -0.25) is 14.6 Å². The maximum absolute atomic E-state index is 14.5. The molecular weight excluding hydrogens is 501 g/mol. The molecule has 3 heterocycles. The molecule has 3 aliphatic heterocycles. The quantitative estimate of drug-likeness (QED) is 0.550. The summed E-state index contributed by atoms with van der Waals surface area (Å²) in [4.78, 5) is 25.4. The van der Waals surface area contributed by atoms with E-state index in [4.69, 9.17) is 0 Å². The number of para-hydroxylation sites is 1. The minimum absolute atomic E-state index is 0.127. The van der Waals surface area contributed by atoms with Gasteiger partial charge in [0.05, 0.1) is 5.69 Å². The normalized spacial score (nSPS) is 25.6. The lowest BCUT2D eigenvalue weighted by Crippen LogP contribution is -2.58. The molecule has 0 aromatic heterocycles. The second-order valence-corrected chi connectivity index (χ2v) is 12.5. The second kappa shape index (κ2) is 12.6. The Kier molecular flexibility index (Phi) is 8.70. The zero-order chi connectivity index (χ0) is 27.5. The first kappa shape index (κ1) is 27.7. The van der Waals surface area contributed by atoms with E-state index in [9.17, 15) is 9.18 Å². The van der Waals surface area contributed by atoms with Crippen molar-refractivity contribution in [1.29, 1.82) is 0 Å². The number of amides is 1. The minimum atomic E-state index is -0.127. The van der Waals surface area contributed by atoms with Crippen molar-refractivity contribution >= 4 is 11.6 Å². The first-order valence-electron chi connectivity index (χ1n) is 15.6. The van der Waals surface area contributed by atoms with Gasteiger partial charge in [0, 0.05) is 70.9 Å². The zero-order valence-corrected chi connectivity index (χ0v) is 24.2. The van der Waals surface area contributed by atoms with Gasteiger partial charge in [-0.1, -0.05) is 36.4 Å². The van der Waals surface area contributed by atoms with Crippen LogP contribution in [-0.2, 0) is 17.6 Å². The fourth-order valence-electron chi connectivity index (χ4n) is 7.70. The molecule has 2 aromatic rings. The van der Waals surface area contributed by atoms with Crippen LogP contribution < -0.4 is 4.90 Å². The van der Waals surface area contributed by atoms with Crippen LogP contribution in [0.2, 0.25) is 0 Å². The summed E-state index contributed by atoms with van der Waals surface area (Å²) >= 11 is 0. The van der Waals surface area contributed by atoms with E-state index < -0.39 is 0 Å². The fourth-order valence-corrected chi connectivity index (χ4v) is 7.70. The molecule has 6 rings (SSSR count). The lowest BCUT2D eigenvalue weighted by molar-refractivity contribution is -0.131. The molecule has 216 valence electrons. The van der Waals surface area contributed by atoms with Gasteiger partial charge < -0.3 is 14.7 Å². The van der Waals surface area contributed by atoms with E-state index in [0.29, 0.717) is 30.3 Å². The van der Waals surface area contributed by atoms with E-state index in [1.54, 1.807) is 12.1 Å². The number of fused-ring (bicyclic) bond motifs is 1. The molecule has 0 unspecified atom stereocenters. The molecule has 4 aliphatic rings. The van der Waals surface area contributed by atoms with Crippen LogP contribution >= 0.6 is 0 Å². The molecule has 2 atom stereocenters. The number of carbonyl (C=O) groups excluding carboxylic acids is 1. The van der Waals surface area contributed by atoms with Crippen molar-refractivity contribution in [1.82, 2.24) is 19.6 Å². The van der Waals surface area contributed by atoms with E-state index in [0.717, 1.165) is 103 Å². The van der Waals surface area contributed by atoms with Crippen molar-refractivity contribution in [3.8, 4) is 0 Å². The standard InChI is InChI=1S/C33H46FN5O/c1-35-14-6-15-38(18-17-35)33(40)12-11-28-25-39(29-23-26-7-2-3-8-27(26)24-29)16-13-31(28)36-19-21-37(22-20-36)32-10-5-4-9-30(32)34/h2-5,7-10,28-29,31H,6,11-25H2,1H3/t28-,31+/m1/s1. The number of anilines is 1. The number of nitrogens with zero attached hydrogens (tertiary/aromatic N) is 5. The maximum Gasteiger partial charge on any atom is 0.222 e. The number of carbonyl (C=O) groups is 1. The molecule has 7 heteroatoms. The summed E-state index contributed by atoms with van der Waals surface area (Å²) in [5.74, 6) is 0.692. The van der Waals surface area contributed by atoms with Gasteiger partial charge in [-0.15, -0.1) is 0 Å². The molecule has 0 radical (unpaired) electrons. The zero-order valence-electron chi connectivity index (χ0n) is 24.2. The molecular formula is C33H46FN5O. The van der Waals surface area contributed by atoms with Crippen molar-refractivity contribution in [2.24, 2.45) is 5.92 Å². The van der Waals surface area contributed by atoms with Gasteiger partial charge >= 0.3 is 0 Å². The summed E-state index contributed by atoms with van der Waals surface area (Å²) in [6, 6.07) is 17.2. The summed E-state index contributed by atoms with van der Waals surface area (Å²) in [5, 5.41) is 0. The number of likely N-dealkylation sites (N-methyl/N-ethyl adjacent to an activating group) is 1. The first-order chi connectivity index (χ1) is 19.5. The van der Waals surface area contributed by atoms with Crippen molar-refractivity contribution < 1.29 is 9.18 Å². The van der Waals surface area contributed by atoms with Gasteiger partial charge in [-0.2, -0.15) is 0 Å². The predicted molar refractivity (Wildman–Crippen MR) is 159 cm³/mol. The molecule has 0 bridgehead atoms. The molecule has 1 aliphatic carbocycles. The number of hydrogen-bond donors (Lipinski definition) is 0. The topological polar surface area (TPSA) is 33.3 Å². The maximum atomic E-state index is 14.5. The van der Waals surface area contributed by atoms with Crippen LogP contribution in [0.4, 0.5) is 10.1 Å². The van der Waals surface area contributed by atoms with Crippen molar-refractivity contribution in [3.63, 3.8) is 0 Å². The van der Waals surface area contributed by atoms with Crippen LogP contribution in [0.5, 0.6) is 0 Å². The van der Waals surface area contributed by atoms with Crippen LogP contribution in [0, 0.1) is 11.7 Å². The highest BCUT2D eigenvalue weighted by Crippen LogP contribution is 2.33. The van der Waals surface area contributed by atoms with E-state index >= 15 is 0 Å². The Labute approximate surface area is 239 Å². The third-order valence-electron chi connectivity index (χ3n) is 10.0. The van der Waals surface area contributed by atoms with Gasteiger partial charge in [0.2, 0.25) is 5.91 Å². The van der Waals surface area contributed by atoms with E-state index in [1.165, 1.54) is 11.1 Å². The third kappa shape index (κ3) is 6.22. The van der Waals surface area contributed by atoms with Crippen molar-refractivity contribution in [3.05, 3.63) is 65.5 Å². The minimum Gasteiger partial charge on any atom is -0.367 e. The molecule has 3 fully saturated rings. The number of piperazine rings is 1. The Morgan fingerprint density at radius 2 is 1.55 bits per heavy atom. The largest absolute Gasteiger partial charge is 0.367 e. The average Bonchev–Trinajstić information content (AvgIpc) is 3.30. The lowest BCUT2D eigenvalue weighted by Gasteiger charge is -2.48. The van der Waals surface area contributed by atoms with Crippen LogP contribution in [0.1, 0.15) is 36.8 Å². The summed E-state index contributed by atoms with van der Waals surface area (Å²) in [6.07, 6.45) is 6.12. The van der Waals surface area contributed by atoms with E-state index in [1.807, 2.05) is 12.1 Å². The number of benzene rings is 2. The van der Waals surface area contributed by atoms with Gasteiger partial charge in [-0.25, -0.2) is 4.39 Å². The second-order valence-electron chi connectivity index (χ2n) is 12.5. The monoisotopic (exact) mass is 547 g/mol. The molecule has 3 saturated heterocycles. The molecule has 2 aromatic carbocycles. The number of likely N-dealkylation sites (tertiary alicyclic amines) is 1. The van der Waals surface area contributed by atoms with E-state index in [-0.39, 0.29) is 5.82 Å². The van der Waals surface area contributed by atoms with Crippen LogP contribution in [0.3, 0.4) is 0 Å². The predicted octanol–water partition coefficient (Wildman–Crippen LogP) is 3.75. The van der Waals surface area contributed by atoms with Gasteiger partial charge in [0.25, 0.3) is 0 Å². The van der Waals surface area contributed by atoms with Crippen molar-refractivity contribution in [2.45, 2.75) is 50.6 Å². The van der Waals surface area contributed by atoms with Crippen LogP contribution in [0.15, 0.2) is 48.5 Å². The number of piperidine rings is 1. The third-order valence-corrected chi connectivity index (χ3v) is 10.0. The number of hydrogen-bond acceptors (Lipinski definition) is 5. The van der Waals surface area contributed by atoms with Crippen LogP contribution in [-0.4, -0.2) is 110 Å². The van der Waals surface area contributed by atoms with Gasteiger partial charge in [0.1, 0.15) is 5.82 Å². The summed E-state index contributed by atoms with van der Waals surface area (Å²) < 4.78 is 14.5. The van der Waals surface area contributed by atoms with Gasteiger partial charge in [0.15, 0.2) is 0 Å². The Morgan fingerprint density at radius 3 is 2.30 bits per heavy atom. The first-order valence-corrected chi connectivity index (χ1v) is 15.6. The molecule has 6 nitrogen and oxygen atoms in total. The summed E-state index contributed by atoms with van der Waals surface area (Å²) in [7, 11) is 2.16. The Balaban J connectivity index is 1.11. The Bertz CT molecular complexity index is 1130. The highest BCUT2D eigenvalue weighted by Gasteiger charge is 2.38. The van der Waals surface area contributed by atoms with Gasteiger partial charge in [-0.05, 0) is 81.4 Å². The van der Waals surface area contributed by atoms with Crippen molar-refractivity contribution in [2.75, 3.05) is 77.4 Å². The van der Waals surface area contributed by atoms with Crippen LogP contribution in [0.25, 0.3) is 0 Å². The molecule has 1 amide bonds. The smallest absolute Gasteiger partial charge is 0.222 e. The number of halogens is 1. The number of rotatable bonds is 6. The fraction of sp³-hybridized carbons (Fsp3) is 0.606. The average molecular weight is 548 g/mol. The highest BCUT2D eigenvalue weighted by molar-refractivity contribution is 5.76. The molecule has 0 N–H and O–H groups in total.